The maximum atomic E-state index is 13.6. The van der Waals surface area contributed by atoms with E-state index in [1.807, 2.05) is 37.3 Å². The van der Waals surface area contributed by atoms with Gasteiger partial charge in [-0.25, -0.2) is 19.3 Å². The van der Waals surface area contributed by atoms with Gasteiger partial charge in [-0.15, -0.1) is 0 Å². The molecule has 2 aromatic heterocycles. The number of nitrogens with zero attached hydrogens (tertiary/aromatic N) is 4. The number of benzene rings is 2. The highest BCUT2D eigenvalue weighted by atomic mass is 19.3. The Hall–Kier alpha value is -3.68. The van der Waals surface area contributed by atoms with E-state index in [2.05, 4.69) is 20.3 Å². The van der Waals surface area contributed by atoms with E-state index in [1.165, 1.54) is 30.5 Å². The van der Waals surface area contributed by atoms with Gasteiger partial charge in [0.15, 0.2) is 0 Å². The van der Waals surface area contributed by atoms with Crippen molar-refractivity contribution in [1.82, 2.24) is 19.5 Å². The van der Waals surface area contributed by atoms with E-state index in [0.717, 1.165) is 16.5 Å². The van der Waals surface area contributed by atoms with Crippen LogP contribution in [0.2, 0.25) is 0 Å². The van der Waals surface area contributed by atoms with E-state index >= 15 is 0 Å². The number of imidazole rings is 1. The van der Waals surface area contributed by atoms with Gasteiger partial charge in [-0.05, 0) is 42.8 Å². The van der Waals surface area contributed by atoms with Gasteiger partial charge in [-0.3, -0.25) is 4.57 Å². The molecule has 2 aromatic carbocycles. The van der Waals surface area contributed by atoms with Crippen molar-refractivity contribution in [3.63, 3.8) is 0 Å². The minimum Gasteiger partial charge on any atom is -0.348 e. The van der Waals surface area contributed by atoms with Crippen LogP contribution in [-0.2, 0) is 0 Å². The molecule has 0 aliphatic rings. The summed E-state index contributed by atoms with van der Waals surface area (Å²) in [4.78, 5) is 12.8. The van der Waals surface area contributed by atoms with Crippen molar-refractivity contribution in [2.75, 3.05) is 5.32 Å². The van der Waals surface area contributed by atoms with Crippen molar-refractivity contribution in [3.05, 3.63) is 84.6 Å². The normalized spacial score (nSPS) is 12.2. The monoisotopic (exact) mass is 409 g/mol. The summed E-state index contributed by atoms with van der Waals surface area (Å²) in [5.41, 5.74) is 2.25. The quantitative estimate of drug-likeness (QED) is 0.443. The van der Waals surface area contributed by atoms with Crippen LogP contribution in [0.1, 0.15) is 25.1 Å². The summed E-state index contributed by atoms with van der Waals surface area (Å²) in [5.74, 6) is -0.118. The molecule has 0 spiro atoms. The third kappa shape index (κ3) is 4.03. The Morgan fingerprint density at radius 3 is 2.37 bits per heavy atom. The molecule has 0 amide bonds. The Labute approximate surface area is 171 Å². The van der Waals surface area contributed by atoms with E-state index in [-0.39, 0.29) is 23.1 Å². The fraction of sp³-hybridized carbons (Fsp3) is 0.136. The zero-order chi connectivity index (χ0) is 21.1. The third-order valence-corrected chi connectivity index (χ3v) is 4.67. The molecule has 8 heteroatoms. The molecular weight excluding hydrogens is 391 g/mol. The lowest BCUT2D eigenvalue weighted by molar-refractivity contribution is 0.0718. The molecular formula is C22H18F3N5. The summed E-state index contributed by atoms with van der Waals surface area (Å²) in [6, 6.07) is 16.7. The average Bonchev–Trinajstić information content (AvgIpc) is 3.21. The summed E-state index contributed by atoms with van der Waals surface area (Å²) in [5, 5.41) is 3.19. The molecule has 0 aliphatic carbocycles. The highest BCUT2D eigenvalue weighted by molar-refractivity contribution is 5.77. The van der Waals surface area contributed by atoms with Gasteiger partial charge >= 0.3 is 6.55 Å². The summed E-state index contributed by atoms with van der Waals surface area (Å²) < 4.78 is 41.3. The molecule has 0 radical (unpaired) electrons. The average molecular weight is 409 g/mol. The third-order valence-electron chi connectivity index (χ3n) is 4.67. The van der Waals surface area contributed by atoms with Crippen molar-refractivity contribution in [2.45, 2.75) is 19.5 Å². The minimum absolute atomic E-state index is 0.0852. The number of nitrogens with one attached hydrogen (secondary N) is 1. The molecule has 5 nitrogen and oxygen atoms in total. The number of hydrogen-bond acceptors (Lipinski definition) is 4. The summed E-state index contributed by atoms with van der Waals surface area (Å²) in [7, 11) is 0. The van der Waals surface area contributed by atoms with Gasteiger partial charge in [0.1, 0.15) is 12.1 Å². The van der Waals surface area contributed by atoms with Gasteiger partial charge < -0.3 is 5.32 Å². The zero-order valence-corrected chi connectivity index (χ0v) is 16.0. The van der Waals surface area contributed by atoms with E-state index in [0.29, 0.717) is 11.5 Å². The first-order valence-corrected chi connectivity index (χ1v) is 9.29. The molecule has 0 aliphatic heterocycles. The first-order chi connectivity index (χ1) is 14.5. The SMILES string of the molecule is C[C@@H](Nc1nccc(-c2c(-c3ccc(F)cc3)ncn2C(F)F)n1)c1ccccc1. The molecule has 30 heavy (non-hydrogen) atoms. The van der Waals surface area contributed by atoms with Crippen LogP contribution < -0.4 is 5.32 Å². The summed E-state index contributed by atoms with van der Waals surface area (Å²) in [6.07, 6.45) is 2.56. The minimum atomic E-state index is -2.81. The van der Waals surface area contributed by atoms with E-state index < -0.39 is 12.4 Å². The van der Waals surface area contributed by atoms with E-state index in [9.17, 15) is 13.2 Å². The van der Waals surface area contributed by atoms with E-state index in [4.69, 9.17) is 0 Å². The fourth-order valence-corrected chi connectivity index (χ4v) is 3.16. The highest BCUT2D eigenvalue weighted by Crippen LogP contribution is 2.33. The molecule has 1 atom stereocenters. The van der Waals surface area contributed by atoms with Crippen molar-refractivity contribution in [2.24, 2.45) is 0 Å². The summed E-state index contributed by atoms with van der Waals surface area (Å²) >= 11 is 0. The molecule has 152 valence electrons. The fourth-order valence-electron chi connectivity index (χ4n) is 3.16. The first-order valence-electron chi connectivity index (χ1n) is 9.29. The first kappa shape index (κ1) is 19.6. The van der Waals surface area contributed by atoms with Crippen LogP contribution >= 0.6 is 0 Å². The van der Waals surface area contributed by atoms with Crippen molar-refractivity contribution in [1.29, 1.82) is 0 Å². The molecule has 0 unspecified atom stereocenters. The Kier molecular flexibility index (Phi) is 5.47. The van der Waals surface area contributed by atoms with Gasteiger partial charge in [0.05, 0.1) is 23.1 Å². The van der Waals surface area contributed by atoms with Crippen LogP contribution in [0.15, 0.2) is 73.2 Å². The molecule has 0 saturated heterocycles. The maximum Gasteiger partial charge on any atom is 0.320 e. The van der Waals surface area contributed by atoms with E-state index in [1.54, 1.807) is 6.07 Å². The lowest BCUT2D eigenvalue weighted by Gasteiger charge is -2.15. The number of anilines is 1. The molecule has 4 aromatic rings. The lowest BCUT2D eigenvalue weighted by Crippen LogP contribution is -2.10. The van der Waals surface area contributed by atoms with Crippen LogP contribution in [0.3, 0.4) is 0 Å². The number of rotatable bonds is 6. The largest absolute Gasteiger partial charge is 0.348 e. The number of halogens is 3. The predicted molar refractivity (Wildman–Crippen MR) is 108 cm³/mol. The standard InChI is InChI=1S/C22H18F3N5/c1-14(15-5-3-2-4-6-15)28-22-26-12-11-18(29-22)20-19(27-13-30(20)21(24)25)16-7-9-17(23)10-8-16/h2-14,21H,1H3,(H,26,28,29)/t14-/m1/s1. The molecule has 1 N–H and O–H groups in total. The Bertz CT molecular complexity index is 1130. The van der Waals surface area contributed by atoms with Gasteiger partial charge in [-0.2, -0.15) is 8.78 Å². The summed E-state index contributed by atoms with van der Waals surface area (Å²) in [6.45, 7) is -0.852. The Balaban J connectivity index is 1.72. The second-order valence-electron chi connectivity index (χ2n) is 6.68. The molecule has 0 fully saturated rings. The second kappa shape index (κ2) is 8.36. The Morgan fingerprint density at radius 1 is 0.933 bits per heavy atom. The zero-order valence-electron chi connectivity index (χ0n) is 16.0. The van der Waals surface area contributed by atoms with Gasteiger partial charge in [0.2, 0.25) is 5.95 Å². The number of hydrogen-bond donors (Lipinski definition) is 1. The van der Waals surface area contributed by atoms with Gasteiger partial charge in [0, 0.05) is 11.8 Å². The highest BCUT2D eigenvalue weighted by Gasteiger charge is 2.21. The predicted octanol–water partition coefficient (Wildman–Crippen LogP) is 5.71. The molecule has 4 rings (SSSR count). The van der Waals surface area contributed by atoms with Crippen LogP contribution in [-0.4, -0.2) is 19.5 Å². The van der Waals surface area contributed by atoms with Crippen LogP contribution in [0.4, 0.5) is 19.1 Å². The molecule has 2 heterocycles. The van der Waals surface area contributed by atoms with Crippen molar-refractivity contribution >= 4 is 5.95 Å². The van der Waals surface area contributed by atoms with Crippen LogP contribution in [0, 0.1) is 5.82 Å². The van der Waals surface area contributed by atoms with Crippen molar-refractivity contribution in [3.8, 4) is 22.6 Å². The van der Waals surface area contributed by atoms with Gasteiger partial charge in [0.25, 0.3) is 0 Å². The van der Waals surface area contributed by atoms with Crippen molar-refractivity contribution < 1.29 is 13.2 Å². The smallest absolute Gasteiger partial charge is 0.320 e. The molecule has 0 bridgehead atoms. The van der Waals surface area contributed by atoms with Crippen LogP contribution in [0.25, 0.3) is 22.6 Å². The topological polar surface area (TPSA) is 55.6 Å². The molecule has 0 saturated carbocycles. The van der Waals surface area contributed by atoms with Crippen LogP contribution in [0.5, 0.6) is 0 Å². The van der Waals surface area contributed by atoms with Gasteiger partial charge in [-0.1, -0.05) is 30.3 Å². The second-order valence-corrected chi connectivity index (χ2v) is 6.68. The lowest BCUT2D eigenvalue weighted by atomic mass is 10.1. The number of alkyl halides is 2. The maximum absolute atomic E-state index is 13.6. The Morgan fingerprint density at radius 2 is 1.67 bits per heavy atom. The number of aromatic nitrogens is 4.